The molecular formula is C25H23N3O4. The molecule has 0 fully saturated rings. The number of methoxy groups -OCH3 is 1. The highest BCUT2D eigenvalue weighted by atomic mass is 16.5. The summed E-state index contributed by atoms with van der Waals surface area (Å²) in [6, 6.07) is 23.1. The molecule has 0 unspecified atom stereocenters. The number of rotatable bonds is 9. The number of hydrogen-bond acceptors (Lipinski definition) is 5. The molecule has 7 heteroatoms. The molecule has 0 aliphatic rings. The van der Waals surface area contributed by atoms with Gasteiger partial charge in [-0.25, -0.2) is 0 Å². The van der Waals surface area contributed by atoms with Crippen molar-refractivity contribution in [3.8, 4) is 17.6 Å². The Labute approximate surface area is 186 Å². The van der Waals surface area contributed by atoms with E-state index in [0.717, 1.165) is 11.3 Å². The monoisotopic (exact) mass is 429 g/mol. The SMILES string of the molecule is COc1ccc(CCNC(=O)c2ccccc2NC(=O)COc2ccccc2C#N)cc1. The molecule has 0 radical (unpaired) electrons. The average Bonchev–Trinajstić information content (AvgIpc) is 2.83. The first kappa shape index (κ1) is 22.4. The number of carbonyl (C=O) groups excluding carboxylic acids is 2. The number of nitriles is 1. The Balaban J connectivity index is 1.55. The Morgan fingerprint density at radius 1 is 0.969 bits per heavy atom. The highest BCUT2D eigenvalue weighted by molar-refractivity contribution is 6.04. The summed E-state index contributed by atoms with van der Waals surface area (Å²) in [4.78, 5) is 25.0. The summed E-state index contributed by atoms with van der Waals surface area (Å²) < 4.78 is 10.6. The number of carbonyl (C=O) groups is 2. The lowest BCUT2D eigenvalue weighted by Crippen LogP contribution is -2.28. The summed E-state index contributed by atoms with van der Waals surface area (Å²) in [5, 5.41) is 14.7. The summed E-state index contributed by atoms with van der Waals surface area (Å²) in [5.74, 6) is 0.388. The van der Waals surface area contributed by atoms with Crippen LogP contribution in [0.25, 0.3) is 0 Å². The van der Waals surface area contributed by atoms with Gasteiger partial charge in [0.25, 0.3) is 11.8 Å². The molecular weight excluding hydrogens is 406 g/mol. The van der Waals surface area contributed by atoms with Crippen LogP contribution in [0.2, 0.25) is 0 Å². The van der Waals surface area contributed by atoms with Crippen molar-refractivity contribution >= 4 is 17.5 Å². The van der Waals surface area contributed by atoms with E-state index in [4.69, 9.17) is 14.7 Å². The molecule has 0 atom stereocenters. The number of benzene rings is 3. The van der Waals surface area contributed by atoms with Crippen LogP contribution in [0, 0.1) is 11.3 Å². The second kappa shape index (κ2) is 11.2. The van der Waals surface area contributed by atoms with Crippen molar-refractivity contribution in [2.24, 2.45) is 0 Å². The van der Waals surface area contributed by atoms with Crippen molar-refractivity contribution in [3.63, 3.8) is 0 Å². The first-order valence-electron chi connectivity index (χ1n) is 10.0. The molecule has 0 heterocycles. The number of ether oxygens (including phenoxy) is 2. The minimum atomic E-state index is -0.434. The van der Waals surface area contributed by atoms with Crippen LogP contribution in [0.15, 0.2) is 72.8 Å². The smallest absolute Gasteiger partial charge is 0.262 e. The van der Waals surface area contributed by atoms with Gasteiger partial charge in [-0.3, -0.25) is 9.59 Å². The van der Waals surface area contributed by atoms with Crippen molar-refractivity contribution in [2.75, 3.05) is 25.6 Å². The largest absolute Gasteiger partial charge is 0.497 e. The molecule has 7 nitrogen and oxygen atoms in total. The van der Waals surface area contributed by atoms with E-state index >= 15 is 0 Å². The molecule has 3 aromatic rings. The predicted molar refractivity (Wildman–Crippen MR) is 121 cm³/mol. The molecule has 0 bridgehead atoms. The second-order valence-corrected chi connectivity index (χ2v) is 6.84. The Morgan fingerprint density at radius 3 is 2.44 bits per heavy atom. The van der Waals surface area contributed by atoms with Gasteiger partial charge in [0.2, 0.25) is 0 Å². The first-order chi connectivity index (χ1) is 15.6. The van der Waals surface area contributed by atoms with E-state index < -0.39 is 5.91 Å². The third-order valence-electron chi connectivity index (χ3n) is 4.67. The van der Waals surface area contributed by atoms with E-state index in [-0.39, 0.29) is 12.5 Å². The van der Waals surface area contributed by atoms with Gasteiger partial charge in [-0.05, 0) is 48.4 Å². The highest BCUT2D eigenvalue weighted by Crippen LogP contribution is 2.18. The molecule has 3 aromatic carbocycles. The fourth-order valence-electron chi connectivity index (χ4n) is 3.01. The van der Waals surface area contributed by atoms with Gasteiger partial charge < -0.3 is 20.1 Å². The van der Waals surface area contributed by atoms with Crippen molar-refractivity contribution in [3.05, 3.63) is 89.5 Å². The second-order valence-electron chi connectivity index (χ2n) is 6.84. The van der Waals surface area contributed by atoms with Crippen LogP contribution in [0.4, 0.5) is 5.69 Å². The molecule has 0 saturated carbocycles. The zero-order chi connectivity index (χ0) is 22.8. The molecule has 32 heavy (non-hydrogen) atoms. The normalized spacial score (nSPS) is 10.0. The molecule has 0 spiro atoms. The summed E-state index contributed by atoms with van der Waals surface area (Å²) >= 11 is 0. The van der Waals surface area contributed by atoms with Crippen LogP contribution >= 0.6 is 0 Å². The van der Waals surface area contributed by atoms with E-state index in [1.54, 1.807) is 55.6 Å². The molecule has 162 valence electrons. The van der Waals surface area contributed by atoms with Gasteiger partial charge >= 0.3 is 0 Å². The van der Waals surface area contributed by atoms with Crippen LogP contribution in [-0.2, 0) is 11.2 Å². The lowest BCUT2D eigenvalue weighted by molar-refractivity contribution is -0.118. The maximum Gasteiger partial charge on any atom is 0.262 e. The van der Waals surface area contributed by atoms with Gasteiger partial charge in [0.15, 0.2) is 6.61 Å². The summed E-state index contributed by atoms with van der Waals surface area (Å²) in [6.07, 6.45) is 0.663. The summed E-state index contributed by atoms with van der Waals surface area (Å²) in [6.45, 7) is 0.160. The maximum absolute atomic E-state index is 12.7. The fourth-order valence-corrected chi connectivity index (χ4v) is 3.01. The predicted octanol–water partition coefficient (Wildman–Crippen LogP) is 3.56. The van der Waals surface area contributed by atoms with Crippen LogP contribution in [-0.4, -0.2) is 32.1 Å². The van der Waals surface area contributed by atoms with Crippen molar-refractivity contribution in [1.82, 2.24) is 5.32 Å². The van der Waals surface area contributed by atoms with Crippen molar-refractivity contribution in [1.29, 1.82) is 5.26 Å². The molecule has 0 aliphatic carbocycles. The minimum absolute atomic E-state index is 0.286. The van der Waals surface area contributed by atoms with E-state index in [2.05, 4.69) is 10.6 Å². The number of amides is 2. The van der Waals surface area contributed by atoms with Gasteiger partial charge in [-0.1, -0.05) is 36.4 Å². The van der Waals surface area contributed by atoms with Crippen molar-refractivity contribution in [2.45, 2.75) is 6.42 Å². The Kier molecular flexibility index (Phi) is 7.82. The summed E-state index contributed by atoms with van der Waals surface area (Å²) in [5.41, 5.74) is 2.16. The molecule has 2 N–H and O–H groups in total. The van der Waals surface area contributed by atoms with Gasteiger partial charge in [0.1, 0.15) is 17.6 Å². The number of nitrogens with zero attached hydrogens (tertiary/aromatic N) is 1. The molecule has 2 amide bonds. The van der Waals surface area contributed by atoms with Crippen molar-refractivity contribution < 1.29 is 19.1 Å². The quantitative estimate of drug-likeness (QED) is 0.542. The van der Waals surface area contributed by atoms with Gasteiger partial charge in [-0.2, -0.15) is 5.26 Å². The Bertz CT molecular complexity index is 1120. The fraction of sp³-hybridized carbons (Fsp3) is 0.160. The van der Waals surface area contributed by atoms with E-state index in [9.17, 15) is 9.59 Å². The molecule has 3 rings (SSSR count). The maximum atomic E-state index is 12.7. The van der Waals surface area contributed by atoms with Crippen LogP contribution in [0.3, 0.4) is 0 Å². The molecule has 0 saturated heterocycles. The van der Waals surface area contributed by atoms with Gasteiger partial charge in [0.05, 0.1) is 23.9 Å². The zero-order valence-corrected chi connectivity index (χ0v) is 17.6. The number of anilines is 1. The standard InChI is InChI=1S/C25H23N3O4/c1-31-20-12-10-18(11-13-20)14-15-27-25(30)21-7-3-4-8-22(21)28-24(29)17-32-23-9-5-2-6-19(23)16-26/h2-13H,14-15,17H2,1H3,(H,27,30)(H,28,29). The summed E-state index contributed by atoms with van der Waals surface area (Å²) in [7, 11) is 1.61. The number of hydrogen-bond donors (Lipinski definition) is 2. The topological polar surface area (TPSA) is 100 Å². The number of para-hydroxylation sites is 2. The van der Waals surface area contributed by atoms with E-state index in [1.165, 1.54) is 0 Å². The van der Waals surface area contributed by atoms with Crippen LogP contribution < -0.4 is 20.1 Å². The zero-order valence-electron chi connectivity index (χ0n) is 17.6. The minimum Gasteiger partial charge on any atom is -0.497 e. The van der Waals surface area contributed by atoms with E-state index in [1.807, 2.05) is 30.3 Å². The highest BCUT2D eigenvalue weighted by Gasteiger charge is 2.14. The first-order valence-corrected chi connectivity index (χ1v) is 10.0. The lowest BCUT2D eigenvalue weighted by atomic mass is 10.1. The third kappa shape index (κ3) is 6.09. The van der Waals surface area contributed by atoms with Gasteiger partial charge in [0, 0.05) is 6.54 Å². The van der Waals surface area contributed by atoms with Crippen LogP contribution in [0.5, 0.6) is 11.5 Å². The van der Waals surface area contributed by atoms with E-state index in [0.29, 0.717) is 35.5 Å². The Hall–Kier alpha value is -4.31. The van der Waals surface area contributed by atoms with Gasteiger partial charge in [-0.15, -0.1) is 0 Å². The number of nitrogens with one attached hydrogen (secondary N) is 2. The lowest BCUT2D eigenvalue weighted by Gasteiger charge is -2.12. The third-order valence-corrected chi connectivity index (χ3v) is 4.67. The molecule has 0 aromatic heterocycles. The average molecular weight is 429 g/mol. The van der Waals surface area contributed by atoms with Crippen LogP contribution in [0.1, 0.15) is 21.5 Å². The Morgan fingerprint density at radius 2 is 1.69 bits per heavy atom. The molecule has 0 aliphatic heterocycles.